The SMILES string of the molecule is COC(=O)C(O)c1ccc(S(C)(=O)=O)c(F)c1F. The minimum atomic E-state index is -3.94. The topological polar surface area (TPSA) is 80.7 Å². The van der Waals surface area contributed by atoms with Crippen LogP contribution in [0.2, 0.25) is 0 Å². The zero-order chi connectivity index (χ0) is 14.1. The lowest BCUT2D eigenvalue weighted by Crippen LogP contribution is -2.16. The molecule has 8 heteroatoms. The molecular formula is C10H10F2O5S. The third-order valence-corrected chi connectivity index (χ3v) is 3.31. The zero-order valence-electron chi connectivity index (χ0n) is 9.48. The van der Waals surface area contributed by atoms with E-state index in [0.717, 1.165) is 19.2 Å². The first-order valence-corrected chi connectivity index (χ1v) is 6.53. The van der Waals surface area contributed by atoms with Crippen molar-refractivity contribution in [2.45, 2.75) is 11.0 Å². The van der Waals surface area contributed by atoms with E-state index in [0.29, 0.717) is 6.26 Å². The smallest absolute Gasteiger partial charge is 0.339 e. The van der Waals surface area contributed by atoms with Gasteiger partial charge in [0.1, 0.15) is 4.90 Å². The van der Waals surface area contributed by atoms with Gasteiger partial charge in [0.2, 0.25) is 0 Å². The molecular weight excluding hydrogens is 270 g/mol. The highest BCUT2D eigenvalue weighted by Gasteiger charge is 2.27. The van der Waals surface area contributed by atoms with Gasteiger partial charge >= 0.3 is 5.97 Å². The number of halogens is 2. The molecule has 0 radical (unpaired) electrons. The van der Waals surface area contributed by atoms with Gasteiger partial charge in [-0.15, -0.1) is 0 Å². The van der Waals surface area contributed by atoms with E-state index in [1.165, 1.54) is 0 Å². The summed E-state index contributed by atoms with van der Waals surface area (Å²) in [5, 5.41) is 9.36. The molecule has 1 rings (SSSR count). The lowest BCUT2D eigenvalue weighted by Gasteiger charge is -2.11. The highest BCUT2D eigenvalue weighted by molar-refractivity contribution is 7.90. The maximum Gasteiger partial charge on any atom is 0.339 e. The van der Waals surface area contributed by atoms with Crippen molar-refractivity contribution in [1.82, 2.24) is 0 Å². The Morgan fingerprint density at radius 1 is 1.33 bits per heavy atom. The number of methoxy groups -OCH3 is 1. The Morgan fingerprint density at radius 3 is 2.33 bits per heavy atom. The van der Waals surface area contributed by atoms with Crippen LogP contribution < -0.4 is 0 Å². The molecule has 0 aliphatic carbocycles. The van der Waals surface area contributed by atoms with Gasteiger partial charge in [-0.2, -0.15) is 0 Å². The minimum Gasteiger partial charge on any atom is -0.467 e. The van der Waals surface area contributed by atoms with Gasteiger partial charge in [0.25, 0.3) is 0 Å². The number of hydrogen-bond acceptors (Lipinski definition) is 5. The predicted octanol–water partition coefficient (Wildman–Crippen LogP) is 0.575. The number of rotatable bonds is 3. The Kier molecular flexibility index (Phi) is 4.02. The summed E-state index contributed by atoms with van der Waals surface area (Å²) in [5.74, 6) is -4.42. The number of hydrogen-bond donors (Lipinski definition) is 1. The Morgan fingerprint density at radius 2 is 1.89 bits per heavy atom. The van der Waals surface area contributed by atoms with Crippen molar-refractivity contribution >= 4 is 15.8 Å². The van der Waals surface area contributed by atoms with Crippen LogP contribution in [0.15, 0.2) is 17.0 Å². The number of ether oxygens (including phenoxy) is 1. The summed E-state index contributed by atoms with van der Waals surface area (Å²) in [6.07, 6.45) is -1.31. The molecule has 1 N–H and O–H groups in total. The molecule has 0 amide bonds. The molecule has 0 saturated carbocycles. The molecule has 0 aromatic heterocycles. The lowest BCUT2D eigenvalue weighted by atomic mass is 10.1. The fourth-order valence-electron chi connectivity index (χ4n) is 1.28. The van der Waals surface area contributed by atoms with Crippen LogP contribution in [0.3, 0.4) is 0 Å². The molecule has 1 aromatic carbocycles. The van der Waals surface area contributed by atoms with Gasteiger partial charge in [-0.25, -0.2) is 22.0 Å². The number of aliphatic hydroxyl groups excluding tert-OH is 1. The fraction of sp³-hybridized carbons (Fsp3) is 0.300. The second kappa shape index (κ2) is 4.99. The van der Waals surface area contributed by atoms with Gasteiger partial charge in [0, 0.05) is 11.8 Å². The molecule has 1 atom stereocenters. The molecule has 1 unspecified atom stereocenters. The van der Waals surface area contributed by atoms with E-state index >= 15 is 0 Å². The molecule has 0 heterocycles. The Bertz CT molecular complexity index is 582. The van der Waals surface area contributed by atoms with Crippen LogP contribution in [0.25, 0.3) is 0 Å². The average molecular weight is 280 g/mol. The number of aliphatic hydroxyl groups is 1. The molecule has 0 aliphatic heterocycles. The van der Waals surface area contributed by atoms with Gasteiger partial charge in [0.15, 0.2) is 27.6 Å². The number of esters is 1. The minimum absolute atomic E-state index is 0.688. The summed E-state index contributed by atoms with van der Waals surface area (Å²) in [5.41, 5.74) is -0.688. The van der Waals surface area contributed by atoms with Crippen LogP contribution in [0.5, 0.6) is 0 Å². The molecule has 0 fully saturated rings. The van der Waals surface area contributed by atoms with E-state index in [4.69, 9.17) is 0 Å². The first kappa shape index (κ1) is 14.5. The van der Waals surface area contributed by atoms with Crippen LogP contribution in [0.4, 0.5) is 8.78 Å². The maximum atomic E-state index is 13.5. The number of benzene rings is 1. The molecule has 0 aliphatic rings. The van der Waals surface area contributed by atoms with Crippen molar-refractivity contribution < 1.29 is 31.8 Å². The van der Waals surface area contributed by atoms with E-state index in [1.807, 2.05) is 0 Å². The van der Waals surface area contributed by atoms with Crippen LogP contribution in [-0.4, -0.2) is 32.9 Å². The predicted molar refractivity (Wildman–Crippen MR) is 56.4 cm³/mol. The summed E-state index contributed by atoms with van der Waals surface area (Å²) in [6, 6.07) is 1.59. The third kappa shape index (κ3) is 2.65. The van der Waals surface area contributed by atoms with Crippen molar-refractivity contribution in [2.75, 3.05) is 13.4 Å². The third-order valence-electron chi connectivity index (χ3n) is 2.20. The molecule has 0 bridgehead atoms. The molecule has 100 valence electrons. The zero-order valence-corrected chi connectivity index (χ0v) is 10.3. The summed E-state index contributed by atoms with van der Waals surface area (Å²) >= 11 is 0. The van der Waals surface area contributed by atoms with Gasteiger partial charge in [-0.1, -0.05) is 6.07 Å². The first-order chi connectivity index (χ1) is 8.20. The summed E-state index contributed by atoms with van der Waals surface area (Å²) in [4.78, 5) is 10.1. The molecule has 18 heavy (non-hydrogen) atoms. The van der Waals surface area contributed by atoms with Crippen molar-refractivity contribution in [1.29, 1.82) is 0 Å². The first-order valence-electron chi connectivity index (χ1n) is 4.64. The summed E-state index contributed by atoms with van der Waals surface area (Å²) < 4.78 is 53.4. The van der Waals surface area contributed by atoms with Crippen molar-refractivity contribution in [3.63, 3.8) is 0 Å². The molecule has 1 aromatic rings. The molecule has 5 nitrogen and oxygen atoms in total. The lowest BCUT2D eigenvalue weighted by molar-refractivity contribution is -0.150. The van der Waals surface area contributed by atoms with Crippen LogP contribution in [0, 0.1) is 11.6 Å². The highest BCUT2D eigenvalue weighted by Crippen LogP contribution is 2.25. The quantitative estimate of drug-likeness (QED) is 0.819. The Balaban J connectivity index is 3.38. The van der Waals surface area contributed by atoms with Crippen LogP contribution >= 0.6 is 0 Å². The molecule has 0 saturated heterocycles. The normalized spacial score (nSPS) is 13.2. The second-order valence-electron chi connectivity index (χ2n) is 3.48. The average Bonchev–Trinajstić information content (AvgIpc) is 2.29. The van der Waals surface area contributed by atoms with Crippen LogP contribution in [0.1, 0.15) is 11.7 Å². The Labute approximate surface area is 102 Å². The standard InChI is InChI=1S/C10H10F2O5S/c1-17-10(14)9(13)5-3-4-6(18(2,15)16)8(12)7(5)11/h3-4,9,13H,1-2H3. The van der Waals surface area contributed by atoms with E-state index in [-0.39, 0.29) is 0 Å². The summed E-state index contributed by atoms with van der Waals surface area (Å²) in [7, 11) is -2.97. The van der Waals surface area contributed by atoms with Gasteiger partial charge < -0.3 is 9.84 Å². The van der Waals surface area contributed by atoms with E-state index in [2.05, 4.69) is 4.74 Å². The van der Waals surface area contributed by atoms with Gasteiger partial charge in [0.05, 0.1) is 7.11 Å². The number of carbonyl (C=O) groups excluding carboxylic acids is 1. The largest absolute Gasteiger partial charge is 0.467 e. The second-order valence-corrected chi connectivity index (χ2v) is 5.46. The number of sulfone groups is 1. The van der Waals surface area contributed by atoms with E-state index in [1.54, 1.807) is 0 Å². The maximum absolute atomic E-state index is 13.5. The van der Waals surface area contributed by atoms with Gasteiger partial charge in [-0.05, 0) is 6.07 Å². The van der Waals surface area contributed by atoms with E-state index in [9.17, 15) is 27.1 Å². The monoisotopic (exact) mass is 280 g/mol. The van der Waals surface area contributed by atoms with Crippen molar-refractivity contribution in [3.05, 3.63) is 29.3 Å². The Hall–Kier alpha value is -1.54. The van der Waals surface area contributed by atoms with Gasteiger partial charge in [-0.3, -0.25) is 0 Å². The van der Waals surface area contributed by atoms with Crippen molar-refractivity contribution in [2.24, 2.45) is 0 Å². The fourth-order valence-corrected chi connectivity index (χ4v) is 2.01. The van der Waals surface area contributed by atoms with Crippen molar-refractivity contribution in [3.8, 4) is 0 Å². The summed E-state index contributed by atoms with van der Waals surface area (Å²) in [6.45, 7) is 0. The van der Waals surface area contributed by atoms with E-state index < -0.39 is 44.0 Å². The molecule has 0 spiro atoms. The number of carbonyl (C=O) groups is 1. The highest BCUT2D eigenvalue weighted by atomic mass is 32.2. The van der Waals surface area contributed by atoms with Crippen LogP contribution in [-0.2, 0) is 19.4 Å².